The molecule has 0 fully saturated rings. The summed E-state index contributed by atoms with van der Waals surface area (Å²) >= 11 is 5.00. The largest absolute Gasteiger partial charge is 0.360 e. The third kappa shape index (κ3) is 2.54. The number of anilines is 1. The van der Waals surface area contributed by atoms with Gasteiger partial charge in [0.15, 0.2) is 0 Å². The van der Waals surface area contributed by atoms with Crippen molar-refractivity contribution in [2.75, 3.05) is 11.9 Å². The van der Waals surface area contributed by atoms with Gasteiger partial charge in [-0.05, 0) is 19.1 Å². The minimum Gasteiger partial charge on any atom is -0.360 e. The molecule has 2 aromatic rings. The van der Waals surface area contributed by atoms with Gasteiger partial charge in [0.05, 0.1) is 0 Å². The van der Waals surface area contributed by atoms with Crippen LogP contribution in [0.25, 0.3) is 10.6 Å². The molecular weight excluding hydrogens is 274 g/mol. The van der Waals surface area contributed by atoms with Crippen LogP contribution in [0.2, 0.25) is 0 Å². The standard InChI is InChI=1S/C10H10BrN3S/c1-2-12-10-14-13-9(15-10)7-4-3-5-8(11)6-7/h3-6H,2H2,1H3,(H,12,14). The molecule has 1 N–H and O–H groups in total. The summed E-state index contributed by atoms with van der Waals surface area (Å²) in [6.07, 6.45) is 0. The number of rotatable bonds is 3. The average molecular weight is 284 g/mol. The van der Waals surface area contributed by atoms with E-state index in [0.29, 0.717) is 0 Å². The summed E-state index contributed by atoms with van der Waals surface area (Å²) in [7, 11) is 0. The van der Waals surface area contributed by atoms with Gasteiger partial charge in [0.25, 0.3) is 0 Å². The van der Waals surface area contributed by atoms with E-state index in [9.17, 15) is 0 Å². The van der Waals surface area contributed by atoms with E-state index < -0.39 is 0 Å². The third-order valence-corrected chi connectivity index (χ3v) is 3.25. The van der Waals surface area contributed by atoms with Gasteiger partial charge in [0, 0.05) is 16.6 Å². The first-order valence-electron chi connectivity index (χ1n) is 4.63. The van der Waals surface area contributed by atoms with E-state index >= 15 is 0 Å². The normalized spacial score (nSPS) is 10.3. The zero-order valence-corrected chi connectivity index (χ0v) is 10.6. The van der Waals surface area contributed by atoms with Crippen molar-refractivity contribution in [3.05, 3.63) is 28.7 Å². The van der Waals surface area contributed by atoms with Crippen LogP contribution in [0.15, 0.2) is 28.7 Å². The van der Waals surface area contributed by atoms with Gasteiger partial charge in [-0.25, -0.2) is 0 Å². The highest BCUT2D eigenvalue weighted by molar-refractivity contribution is 9.10. The molecule has 0 bridgehead atoms. The third-order valence-electron chi connectivity index (χ3n) is 1.82. The summed E-state index contributed by atoms with van der Waals surface area (Å²) in [6.45, 7) is 2.91. The lowest BCUT2D eigenvalue weighted by Crippen LogP contribution is -1.94. The van der Waals surface area contributed by atoms with E-state index in [0.717, 1.165) is 26.7 Å². The van der Waals surface area contributed by atoms with Crippen LogP contribution in [0.3, 0.4) is 0 Å². The lowest BCUT2D eigenvalue weighted by Gasteiger charge is -1.95. The maximum Gasteiger partial charge on any atom is 0.205 e. The molecule has 1 heterocycles. The summed E-state index contributed by atoms with van der Waals surface area (Å²) in [6, 6.07) is 8.06. The number of hydrogen-bond acceptors (Lipinski definition) is 4. The molecule has 1 aromatic heterocycles. The topological polar surface area (TPSA) is 37.8 Å². The van der Waals surface area contributed by atoms with Crippen molar-refractivity contribution in [2.24, 2.45) is 0 Å². The minimum absolute atomic E-state index is 0.868. The molecule has 5 heteroatoms. The lowest BCUT2D eigenvalue weighted by atomic mass is 10.2. The van der Waals surface area contributed by atoms with Crippen LogP contribution >= 0.6 is 27.3 Å². The Morgan fingerprint density at radius 3 is 3.00 bits per heavy atom. The second-order valence-corrected chi connectivity index (χ2v) is 4.85. The molecule has 0 amide bonds. The Kier molecular flexibility index (Phi) is 3.33. The summed E-state index contributed by atoms with van der Waals surface area (Å²) in [5.41, 5.74) is 1.09. The Hall–Kier alpha value is -0.940. The van der Waals surface area contributed by atoms with Crippen LogP contribution in [0.5, 0.6) is 0 Å². The molecule has 1 aromatic carbocycles. The number of aromatic nitrogens is 2. The first kappa shape index (κ1) is 10.6. The van der Waals surface area contributed by atoms with E-state index in [1.54, 1.807) is 11.3 Å². The highest BCUT2D eigenvalue weighted by Crippen LogP contribution is 2.27. The van der Waals surface area contributed by atoms with Crippen LogP contribution < -0.4 is 5.32 Å². The summed E-state index contributed by atoms with van der Waals surface area (Å²) in [4.78, 5) is 0. The molecule has 0 aliphatic carbocycles. The molecule has 0 atom stereocenters. The van der Waals surface area contributed by atoms with Gasteiger partial charge < -0.3 is 5.32 Å². The zero-order valence-electron chi connectivity index (χ0n) is 8.20. The maximum atomic E-state index is 4.13. The van der Waals surface area contributed by atoms with Crippen molar-refractivity contribution in [2.45, 2.75) is 6.92 Å². The fourth-order valence-electron chi connectivity index (χ4n) is 1.18. The minimum atomic E-state index is 0.868. The monoisotopic (exact) mass is 283 g/mol. The summed E-state index contributed by atoms with van der Waals surface area (Å²) in [5.74, 6) is 0. The van der Waals surface area contributed by atoms with Gasteiger partial charge in [0.2, 0.25) is 5.13 Å². The Labute approximate surface area is 101 Å². The molecule has 0 saturated heterocycles. The Balaban J connectivity index is 2.29. The highest BCUT2D eigenvalue weighted by Gasteiger charge is 2.05. The van der Waals surface area contributed by atoms with Gasteiger partial charge in [-0.2, -0.15) is 0 Å². The quantitative estimate of drug-likeness (QED) is 0.938. The van der Waals surface area contributed by atoms with E-state index in [4.69, 9.17) is 0 Å². The van der Waals surface area contributed by atoms with E-state index in [1.165, 1.54) is 0 Å². The van der Waals surface area contributed by atoms with Crippen molar-refractivity contribution in [1.82, 2.24) is 10.2 Å². The van der Waals surface area contributed by atoms with Gasteiger partial charge in [-0.15, -0.1) is 10.2 Å². The van der Waals surface area contributed by atoms with Crippen molar-refractivity contribution < 1.29 is 0 Å². The predicted octanol–water partition coefficient (Wildman–Crippen LogP) is 3.40. The Morgan fingerprint density at radius 2 is 2.27 bits per heavy atom. The molecule has 2 rings (SSSR count). The van der Waals surface area contributed by atoms with E-state index in [2.05, 4.69) is 31.4 Å². The SMILES string of the molecule is CCNc1nnc(-c2cccc(Br)c2)s1. The summed E-state index contributed by atoms with van der Waals surface area (Å²) in [5, 5.41) is 13.1. The molecule has 15 heavy (non-hydrogen) atoms. The molecule has 0 unspecified atom stereocenters. The van der Waals surface area contributed by atoms with Crippen molar-refractivity contribution in [3.8, 4) is 10.6 Å². The number of halogens is 1. The van der Waals surface area contributed by atoms with Gasteiger partial charge in [0.1, 0.15) is 5.01 Å². The van der Waals surface area contributed by atoms with Gasteiger partial charge >= 0.3 is 0 Å². The molecule has 0 spiro atoms. The molecule has 3 nitrogen and oxygen atoms in total. The second-order valence-electron chi connectivity index (χ2n) is 2.95. The average Bonchev–Trinajstić information content (AvgIpc) is 2.67. The highest BCUT2D eigenvalue weighted by atomic mass is 79.9. The van der Waals surface area contributed by atoms with Crippen LogP contribution in [-0.4, -0.2) is 16.7 Å². The van der Waals surface area contributed by atoms with Crippen LogP contribution in [0.1, 0.15) is 6.92 Å². The summed E-state index contributed by atoms with van der Waals surface area (Å²) < 4.78 is 1.06. The van der Waals surface area contributed by atoms with Crippen LogP contribution in [-0.2, 0) is 0 Å². The number of benzene rings is 1. The molecular formula is C10H10BrN3S. The van der Waals surface area contributed by atoms with E-state index in [1.807, 2.05) is 31.2 Å². The molecule has 0 radical (unpaired) electrons. The van der Waals surface area contributed by atoms with E-state index in [-0.39, 0.29) is 0 Å². The molecule has 0 aliphatic heterocycles. The van der Waals surface area contributed by atoms with Gasteiger partial charge in [-0.3, -0.25) is 0 Å². The van der Waals surface area contributed by atoms with Crippen molar-refractivity contribution in [3.63, 3.8) is 0 Å². The Morgan fingerprint density at radius 1 is 1.40 bits per heavy atom. The van der Waals surface area contributed by atoms with Crippen LogP contribution in [0, 0.1) is 0 Å². The first-order valence-corrected chi connectivity index (χ1v) is 6.24. The molecule has 0 saturated carbocycles. The van der Waals surface area contributed by atoms with Gasteiger partial charge in [-0.1, -0.05) is 39.4 Å². The number of nitrogens with one attached hydrogen (secondary N) is 1. The smallest absolute Gasteiger partial charge is 0.205 e. The molecule has 0 aliphatic rings. The fraction of sp³-hybridized carbons (Fsp3) is 0.200. The van der Waals surface area contributed by atoms with Crippen molar-refractivity contribution in [1.29, 1.82) is 0 Å². The maximum absolute atomic E-state index is 4.13. The Bertz CT molecular complexity index is 455. The lowest BCUT2D eigenvalue weighted by molar-refractivity contribution is 1.07. The number of hydrogen-bond donors (Lipinski definition) is 1. The zero-order chi connectivity index (χ0) is 10.7. The second kappa shape index (κ2) is 4.72. The fourth-order valence-corrected chi connectivity index (χ4v) is 2.39. The first-order chi connectivity index (χ1) is 7.29. The van der Waals surface area contributed by atoms with Crippen molar-refractivity contribution >= 4 is 32.4 Å². The molecule has 78 valence electrons. The van der Waals surface area contributed by atoms with Crippen LogP contribution in [0.4, 0.5) is 5.13 Å². The number of nitrogens with zero attached hydrogens (tertiary/aromatic N) is 2. The predicted molar refractivity (Wildman–Crippen MR) is 67.2 cm³/mol.